The van der Waals surface area contributed by atoms with Gasteiger partial charge >= 0.3 is 18.3 Å². The van der Waals surface area contributed by atoms with E-state index in [-0.39, 0.29) is 5.88 Å². The first kappa shape index (κ1) is 13.8. The van der Waals surface area contributed by atoms with Crippen molar-refractivity contribution in [2.75, 3.05) is 12.5 Å². The fourth-order valence-electron chi connectivity index (χ4n) is 0.384. The summed E-state index contributed by atoms with van der Waals surface area (Å²) in [6.07, 6.45) is -3.89. The summed E-state index contributed by atoms with van der Waals surface area (Å²) in [5.74, 6) is -5.96. The Balaban J connectivity index is 4.00. The fourth-order valence-corrected chi connectivity index (χ4v) is 0.573. The Hall–Kier alpha value is -0.230. The van der Waals surface area contributed by atoms with Crippen LogP contribution < -0.4 is 0 Å². The monoisotopic (exact) mass is 256 g/mol. The summed E-state index contributed by atoms with van der Waals surface area (Å²) in [6.45, 7) is -1.70. The number of rotatable bonds is 5. The number of hydrogen-bond donors (Lipinski definition) is 0. The summed E-state index contributed by atoms with van der Waals surface area (Å²) in [4.78, 5) is 10.6. The molecule has 0 aliphatic carbocycles. The summed E-state index contributed by atoms with van der Waals surface area (Å²) >= 11 is 10.3. The van der Waals surface area contributed by atoms with Crippen molar-refractivity contribution in [3.63, 3.8) is 0 Å². The lowest BCUT2D eigenvalue weighted by atomic mass is 10.4. The van der Waals surface area contributed by atoms with Gasteiger partial charge in [-0.15, -0.1) is 23.2 Å². The van der Waals surface area contributed by atoms with Crippen LogP contribution in [0, 0.1) is 0 Å². The largest absolute Gasteiger partial charge is 0.458 e. The molecule has 14 heavy (non-hydrogen) atoms. The molecule has 0 saturated heterocycles. The number of alkyl halides is 6. The molecule has 1 atom stereocenters. The van der Waals surface area contributed by atoms with Crippen LogP contribution in [0.25, 0.3) is 0 Å². The number of ether oxygens (including phenoxy) is 1. The van der Waals surface area contributed by atoms with Gasteiger partial charge in [0.15, 0.2) is 6.61 Å². The molecule has 0 heterocycles. The minimum Gasteiger partial charge on any atom is -0.458 e. The molecule has 0 spiro atoms. The molecule has 0 bridgehead atoms. The summed E-state index contributed by atoms with van der Waals surface area (Å²) in [7, 11) is 0. The van der Waals surface area contributed by atoms with Crippen LogP contribution in [0.2, 0.25) is 0 Å². The van der Waals surface area contributed by atoms with Gasteiger partial charge in [-0.05, 0) is 0 Å². The number of carbonyl (C=O) groups excluding carboxylic acids is 1. The van der Waals surface area contributed by atoms with Gasteiger partial charge in [0.2, 0.25) is 0 Å². The molecule has 0 aliphatic heterocycles. The second-order valence-corrected chi connectivity index (χ2v) is 3.13. The van der Waals surface area contributed by atoms with Crippen molar-refractivity contribution < 1.29 is 27.1 Å². The molecule has 0 aromatic heterocycles. The van der Waals surface area contributed by atoms with Gasteiger partial charge in [0.25, 0.3) is 0 Å². The molecule has 0 saturated carbocycles. The van der Waals surface area contributed by atoms with E-state index in [1.54, 1.807) is 0 Å². The van der Waals surface area contributed by atoms with Gasteiger partial charge in [0.05, 0.1) is 0 Å². The Labute approximate surface area is 87.1 Å². The van der Waals surface area contributed by atoms with Gasteiger partial charge in [-0.25, -0.2) is 8.78 Å². The van der Waals surface area contributed by atoms with Crippen molar-refractivity contribution >= 4 is 29.2 Å². The van der Waals surface area contributed by atoms with E-state index < -0.39 is 30.3 Å². The quantitative estimate of drug-likeness (QED) is 0.429. The van der Waals surface area contributed by atoms with Crippen LogP contribution in [0.1, 0.15) is 0 Å². The van der Waals surface area contributed by atoms with Crippen LogP contribution in [-0.4, -0.2) is 36.2 Å². The first-order chi connectivity index (χ1) is 6.31. The topological polar surface area (TPSA) is 26.3 Å². The Bertz CT molecular complexity index is 200. The minimum absolute atomic E-state index is 0.347. The Morgan fingerprint density at radius 2 is 1.93 bits per heavy atom. The van der Waals surface area contributed by atoms with Crippen LogP contribution in [0.3, 0.4) is 0 Å². The van der Waals surface area contributed by atoms with E-state index in [4.69, 9.17) is 23.2 Å². The second kappa shape index (κ2) is 5.60. The lowest BCUT2D eigenvalue weighted by Gasteiger charge is -2.15. The fraction of sp³-hybridized carbons (Fsp3) is 0.833. The average molecular weight is 257 g/mol. The first-order valence-corrected chi connectivity index (χ1v) is 4.31. The SMILES string of the molecule is O=C(OCC(F)(F)C(F)F)C(Cl)CCl. The zero-order valence-corrected chi connectivity index (χ0v) is 8.17. The smallest absolute Gasteiger partial charge is 0.340 e. The maximum absolute atomic E-state index is 12.2. The van der Waals surface area contributed by atoms with E-state index in [0.717, 1.165) is 0 Å². The van der Waals surface area contributed by atoms with E-state index in [1.165, 1.54) is 0 Å². The molecule has 0 rings (SSSR count). The molecular weight excluding hydrogens is 251 g/mol. The molecule has 8 heteroatoms. The third kappa shape index (κ3) is 4.32. The Morgan fingerprint density at radius 3 is 2.29 bits per heavy atom. The molecule has 0 amide bonds. The third-order valence-corrected chi connectivity index (χ3v) is 1.92. The number of carbonyl (C=O) groups is 1. The lowest BCUT2D eigenvalue weighted by molar-refractivity contribution is -0.179. The van der Waals surface area contributed by atoms with Crippen LogP contribution in [0.15, 0.2) is 0 Å². The predicted molar refractivity (Wildman–Crippen MR) is 42.3 cm³/mol. The standard InChI is InChI=1S/C6H6Cl2F4O2/c7-1-3(8)4(13)14-2-6(11,12)5(9)10/h3,5H,1-2H2. The second-order valence-electron chi connectivity index (χ2n) is 2.29. The van der Waals surface area contributed by atoms with E-state index >= 15 is 0 Å². The summed E-state index contributed by atoms with van der Waals surface area (Å²) in [6, 6.07) is 0. The van der Waals surface area contributed by atoms with Crippen LogP contribution in [-0.2, 0) is 9.53 Å². The average Bonchev–Trinajstić information content (AvgIpc) is 2.12. The summed E-state index contributed by atoms with van der Waals surface area (Å²) in [5, 5.41) is -1.31. The van der Waals surface area contributed by atoms with E-state index in [0.29, 0.717) is 0 Å². The van der Waals surface area contributed by atoms with Crippen LogP contribution >= 0.6 is 23.2 Å². The molecule has 84 valence electrons. The number of halogens is 6. The molecular formula is C6H6Cl2F4O2. The van der Waals surface area contributed by atoms with Gasteiger partial charge in [-0.2, -0.15) is 8.78 Å². The van der Waals surface area contributed by atoms with Gasteiger partial charge in [-0.1, -0.05) is 0 Å². The van der Waals surface area contributed by atoms with Crippen molar-refractivity contribution in [1.29, 1.82) is 0 Å². The van der Waals surface area contributed by atoms with Gasteiger partial charge in [0.1, 0.15) is 5.38 Å². The van der Waals surface area contributed by atoms with Crippen molar-refractivity contribution in [2.24, 2.45) is 0 Å². The zero-order chi connectivity index (χ0) is 11.4. The molecule has 0 N–H and O–H groups in total. The van der Waals surface area contributed by atoms with E-state index in [2.05, 4.69) is 4.74 Å². The number of esters is 1. The molecule has 0 radical (unpaired) electrons. The normalized spacial score (nSPS) is 14.2. The Kier molecular flexibility index (Phi) is 5.51. The minimum atomic E-state index is -4.36. The number of hydrogen-bond acceptors (Lipinski definition) is 2. The molecule has 2 nitrogen and oxygen atoms in total. The molecule has 0 fully saturated rings. The third-order valence-electron chi connectivity index (χ3n) is 1.12. The highest BCUT2D eigenvalue weighted by Gasteiger charge is 2.42. The summed E-state index contributed by atoms with van der Waals surface area (Å²) < 4.78 is 51.3. The van der Waals surface area contributed by atoms with Gasteiger partial charge < -0.3 is 4.74 Å². The van der Waals surface area contributed by atoms with Crippen LogP contribution in [0.5, 0.6) is 0 Å². The van der Waals surface area contributed by atoms with Crippen molar-refractivity contribution in [3.8, 4) is 0 Å². The van der Waals surface area contributed by atoms with Crippen molar-refractivity contribution in [2.45, 2.75) is 17.7 Å². The highest BCUT2D eigenvalue weighted by molar-refractivity contribution is 6.35. The predicted octanol–water partition coefficient (Wildman–Crippen LogP) is 2.28. The summed E-state index contributed by atoms with van der Waals surface area (Å²) in [5.41, 5.74) is 0. The lowest BCUT2D eigenvalue weighted by Crippen LogP contribution is -2.35. The van der Waals surface area contributed by atoms with Gasteiger partial charge in [-0.3, -0.25) is 4.79 Å². The maximum atomic E-state index is 12.2. The molecule has 0 aliphatic rings. The molecule has 1 unspecified atom stereocenters. The van der Waals surface area contributed by atoms with Crippen LogP contribution in [0.4, 0.5) is 17.6 Å². The highest BCUT2D eigenvalue weighted by atomic mass is 35.5. The van der Waals surface area contributed by atoms with E-state index in [1.807, 2.05) is 0 Å². The molecule has 0 aromatic carbocycles. The van der Waals surface area contributed by atoms with Crippen molar-refractivity contribution in [3.05, 3.63) is 0 Å². The van der Waals surface area contributed by atoms with E-state index in [9.17, 15) is 22.4 Å². The first-order valence-electron chi connectivity index (χ1n) is 3.34. The van der Waals surface area contributed by atoms with Crippen molar-refractivity contribution in [1.82, 2.24) is 0 Å². The molecule has 0 aromatic rings. The maximum Gasteiger partial charge on any atom is 0.340 e. The Morgan fingerprint density at radius 1 is 1.43 bits per heavy atom. The zero-order valence-electron chi connectivity index (χ0n) is 6.65. The highest BCUT2D eigenvalue weighted by Crippen LogP contribution is 2.23. The van der Waals surface area contributed by atoms with Gasteiger partial charge in [0, 0.05) is 5.88 Å².